The molecule has 19 heteroatoms. The van der Waals surface area contributed by atoms with Gasteiger partial charge in [-0.1, -0.05) is 30.1 Å². The summed E-state index contributed by atoms with van der Waals surface area (Å²) in [5.41, 5.74) is 3.25. The highest BCUT2D eigenvalue weighted by Gasteiger charge is 2.65. The maximum atomic E-state index is 15.0. The van der Waals surface area contributed by atoms with Crippen molar-refractivity contribution in [2.24, 2.45) is 22.9 Å². The Bertz CT molecular complexity index is 2690. The maximum Gasteiger partial charge on any atom is 0.269 e. The van der Waals surface area contributed by atoms with Crippen LogP contribution in [0.4, 0.5) is 11.4 Å². The number of carbonyl (C=O) groups is 2. The molecule has 1 heterocycles. The van der Waals surface area contributed by atoms with Gasteiger partial charge in [0.05, 0.1) is 60.6 Å². The number of hydrogen-bond donors (Lipinski definition) is 3. The number of hydrogen-bond acceptors (Lipinski definition) is 16. The van der Waals surface area contributed by atoms with E-state index in [1.807, 2.05) is 6.07 Å². The maximum absolute atomic E-state index is 15.0. The molecule has 1 saturated carbocycles. The summed E-state index contributed by atoms with van der Waals surface area (Å²) < 4.78 is 32.1. The molecule has 7 rings (SSSR count). The van der Waals surface area contributed by atoms with Gasteiger partial charge in [0.1, 0.15) is 35.6 Å². The van der Waals surface area contributed by atoms with Gasteiger partial charge in [0.2, 0.25) is 11.7 Å². The van der Waals surface area contributed by atoms with E-state index in [2.05, 4.69) is 12.7 Å². The number of nitro benzene ring substituents is 2. The smallest absolute Gasteiger partial charge is 0.269 e. The predicted octanol–water partition coefficient (Wildman–Crippen LogP) is 8.50. The zero-order valence-electron chi connectivity index (χ0n) is 41.2. The zero-order valence-corrected chi connectivity index (χ0v) is 41.2. The molecule has 0 radical (unpaired) electrons. The second-order valence-electron chi connectivity index (χ2n) is 18.1. The molecule has 0 bridgehead atoms. The van der Waals surface area contributed by atoms with Crippen LogP contribution in [0.3, 0.4) is 0 Å². The summed E-state index contributed by atoms with van der Waals surface area (Å²) in [6.07, 6.45) is 11.2. The molecule has 6 atom stereocenters. The van der Waals surface area contributed by atoms with Crippen LogP contribution in [0.1, 0.15) is 77.9 Å². The Morgan fingerprint density at radius 3 is 2.24 bits per heavy atom. The first-order chi connectivity index (χ1) is 36.0. The number of aldehydes is 1. The Hall–Kier alpha value is -7.29. The molecular formula is C55H62N4O15. The molecule has 4 aromatic rings. The van der Waals surface area contributed by atoms with Gasteiger partial charge in [-0.2, -0.15) is 0 Å². The van der Waals surface area contributed by atoms with E-state index >= 15 is 4.79 Å². The Morgan fingerprint density at radius 1 is 0.892 bits per heavy atom. The van der Waals surface area contributed by atoms with Crippen LogP contribution < -0.4 is 14.2 Å². The Morgan fingerprint density at radius 2 is 1.58 bits per heavy atom. The molecule has 0 aromatic heterocycles. The fraction of sp³-hybridized carbons (Fsp3) is 0.400. The van der Waals surface area contributed by atoms with E-state index in [1.54, 1.807) is 59.5 Å². The first-order valence-corrected chi connectivity index (χ1v) is 24.7. The predicted molar refractivity (Wildman–Crippen MR) is 273 cm³/mol. The summed E-state index contributed by atoms with van der Waals surface area (Å²) in [5.74, 6) is -1.87. The summed E-state index contributed by atoms with van der Waals surface area (Å²) in [7, 11) is 1.47. The third kappa shape index (κ3) is 12.7. The summed E-state index contributed by atoms with van der Waals surface area (Å²) in [6.45, 7) is 3.64. The minimum Gasteiger partial charge on any atom is -0.496 e. The molecule has 2 aliphatic carbocycles. The van der Waals surface area contributed by atoms with Crippen LogP contribution in [-0.4, -0.2) is 113 Å². The van der Waals surface area contributed by atoms with E-state index < -0.39 is 39.4 Å². The Labute approximate surface area is 428 Å². The van der Waals surface area contributed by atoms with E-state index in [-0.39, 0.29) is 82.4 Å². The van der Waals surface area contributed by atoms with E-state index in [0.29, 0.717) is 90.2 Å². The summed E-state index contributed by atoms with van der Waals surface area (Å²) in [6, 6.07) is 21.1. The molecule has 1 fully saturated rings. The lowest BCUT2D eigenvalue weighted by molar-refractivity contribution is -0.385. The second kappa shape index (κ2) is 26.1. The molecule has 3 aliphatic rings. The minimum absolute atomic E-state index is 0.00132. The van der Waals surface area contributed by atoms with Gasteiger partial charge < -0.3 is 48.7 Å². The fourth-order valence-corrected chi connectivity index (χ4v) is 10.3. The number of methoxy groups -OCH3 is 1. The number of unbranched alkanes of at least 4 members (excludes halogenated alkanes) is 2. The van der Waals surface area contributed by atoms with Crippen molar-refractivity contribution in [3.05, 3.63) is 158 Å². The van der Waals surface area contributed by atoms with Crippen molar-refractivity contribution in [1.29, 1.82) is 0 Å². The number of aliphatic hydroxyl groups excluding tert-OH is 3. The van der Waals surface area contributed by atoms with Crippen molar-refractivity contribution in [1.82, 2.24) is 4.90 Å². The molecule has 0 spiro atoms. The number of fused-ring (bicyclic) bond motifs is 2. The number of allylic oxidation sites excluding steroid dienone is 1. The van der Waals surface area contributed by atoms with Crippen molar-refractivity contribution in [2.45, 2.75) is 69.3 Å². The number of non-ortho nitro benzene ring substituents is 2. The van der Waals surface area contributed by atoms with E-state index in [9.17, 15) is 40.3 Å². The van der Waals surface area contributed by atoms with Crippen LogP contribution in [0.15, 0.2) is 120 Å². The molecular weight excluding hydrogens is 957 g/mol. The number of aliphatic hydroxyl groups is 3. The number of rotatable bonds is 28. The molecule has 4 aromatic carbocycles. The van der Waals surface area contributed by atoms with Gasteiger partial charge >= 0.3 is 0 Å². The average Bonchev–Trinajstić information content (AvgIpc) is 3.41. The van der Waals surface area contributed by atoms with Crippen molar-refractivity contribution < 1.29 is 63.3 Å². The van der Waals surface area contributed by atoms with E-state index in [4.69, 9.17) is 33.7 Å². The summed E-state index contributed by atoms with van der Waals surface area (Å²) in [5, 5.41) is 57.5. The SMILES string of the molecule is C=CCO[C@@]12Oc3ccc(Oc4ccc(OC)c(C=O)c4)cc3[C@H]3[C@H](CCCCO)[C@@H](CCCCO)C=C(C(=NOCc4ccc([N+](=O)[O-])cc4)C[C@@H]1N(CCOCCO)C(=O)C=Cc1ccc([N+](=O)[O-])cc1)[C@H]32. The van der Waals surface area contributed by atoms with Crippen molar-refractivity contribution in [3.63, 3.8) is 0 Å². The lowest BCUT2D eigenvalue weighted by atomic mass is 9.55. The van der Waals surface area contributed by atoms with Crippen LogP contribution >= 0.6 is 0 Å². The van der Waals surface area contributed by atoms with Crippen LogP contribution in [0, 0.1) is 38.0 Å². The molecule has 74 heavy (non-hydrogen) atoms. The zero-order chi connectivity index (χ0) is 52.6. The number of nitrogens with zero attached hydrogens (tertiary/aromatic N) is 4. The number of ether oxygens (including phenoxy) is 5. The van der Waals surface area contributed by atoms with Gasteiger partial charge in [0, 0.05) is 68.0 Å². The minimum atomic E-state index is -1.66. The highest BCUT2D eigenvalue weighted by Crippen LogP contribution is 2.62. The van der Waals surface area contributed by atoms with Gasteiger partial charge in [-0.05, 0) is 121 Å². The molecule has 19 nitrogen and oxygen atoms in total. The molecule has 3 N–H and O–H groups in total. The highest BCUT2D eigenvalue weighted by atomic mass is 16.7. The monoisotopic (exact) mass is 1020 g/mol. The average molecular weight is 1020 g/mol. The molecule has 0 saturated heterocycles. The third-order valence-electron chi connectivity index (χ3n) is 13.7. The van der Waals surface area contributed by atoms with Gasteiger partial charge in [-0.25, -0.2) is 0 Å². The molecule has 1 aliphatic heterocycles. The van der Waals surface area contributed by atoms with Crippen LogP contribution in [0.5, 0.6) is 23.0 Å². The summed E-state index contributed by atoms with van der Waals surface area (Å²) in [4.78, 5) is 56.7. The largest absolute Gasteiger partial charge is 0.496 e. The van der Waals surface area contributed by atoms with Crippen LogP contribution in [-0.2, 0) is 25.7 Å². The normalized spacial score (nSPS) is 21.2. The molecule has 0 unspecified atom stereocenters. The van der Waals surface area contributed by atoms with Crippen molar-refractivity contribution in [2.75, 3.05) is 53.3 Å². The van der Waals surface area contributed by atoms with Gasteiger partial charge in [0.25, 0.3) is 11.4 Å². The lowest BCUT2D eigenvalue weighted by Gasteiger charge is -2.60. The Kier molecular flexibility index (Phi) is 19.2. The molecule has 1 amide bonds. The standard InChI is InChI=1S/C55H62N4O15/c1-3-28-71-55-51(57(24-29-70-30-27-62)52(64)23-14-37-10-15-41(16-11-37)58(65)66)34-48(56-72-36-38-12-17-42(18-13-38)59(67)68)46-32-39(8-4-6-25-60)45(9-5-7-26-61)53(54(46)55)47-33-44(20-22-50(47)74-55)73-43-19-21-49(69-2)40(31-43)35-63/h3,10-23,31-33,35,39,45,51,53-54,60-62H,1,4-9,24-30,34,36H2,2H3/t39-,45+,51-,53+,54+,55+/m0/s1. The Balaban J connectivity index is 1.43. The highest BCUT2D eigenvalue weighted by molar-refractivity contribution is 6.03. The van der Waals surface area contributed by atoms with Crippen molar-refractivity contribution >= 4 is 35.4 Å². The van der Waals surface area contributed by atoms with E-state index in [1.165, 1.54) is 49.6 Å². The number of benzene rings is 4. The first-order valence-electron chi connectivity index (χ1n) is 24.7. The molecule has 392 valence electrons. The fourth-order valence-electron chi connectivity index (χ4n) is 10.3. The quantitative estimate of drug-likeness (QED) is 0.0120. The van der Waals surface area contributed by atoms with Crippen molar-refractivity contribution in [3.8, 4) is 23.0 Å². The van der Waals surface area contributed by atoms with Gasteiger partial charge in [-0.15, -0.1) is 6.58 Å². The van der Waals surface area contributed by atoms with Gasteiger partial charge in [0.15, 0.2) is 6.29 Å². The number of nitro groups is 2. The number of oxime groups is 1. The van der Waals surface area contributed by atoms with E-state index in [0.717, 1.165) is 11.1 Å². The first kappa shape index (κ1) is 54.5. The van der Waals surface area contributed by atoms with Crippen LogP contribution in [0.2, 0.25) is 0 Å². The topological polar surface area (TPSA) is 252 Å². The second-order valence-corrected chi connectivity index (χ2v) is 18.1. The van der Waals surface area contributed by atoms with Crippen LogP contribution in [0.25, 0.3) is 6.08 Å². The van der Waals surface area contributed by atoms with Gasteiger partial charge in [-0.3, -0.25) is 29.8 Å². The third-order valence-corrected chi connectivity index (χ3v) is 13.7. The number of amides is 1. The number of carbonyl (C=O) groups excluding carboxylic acids is 2. The lowest BCUT2D eigenvalue weighted by Crippen LogP contribution is -2.70. The summed E-state index contributed by atoms with van der Waals surface area (Å²) >= 11 is 0.